The molecule has 2 heterocycles. The number of urea groups is 2. The smallest absolute Gasteiger partial charge is 0.308 e. The summed E-state index contributed by atoms with van der Waals surface area (Å²) < 4.78 is 61.6. The Balaban J connectivity index is 1.46. The minimum atomic E-state index is -5.58. The van der Waals surface area contributed by atoms with Crippen LogP contribution in [-0.4, -0.2) is 47.8 Å². The largest absolute Gasteiger partial charge is 0.501 e. The molecule has 0 radical (unpaired) electrons. The number of carbonyl (C=O) groups excluding carboxylic acids is 3. The Hall–Kier alpha value is -4.17. The zero-order chi connectivity index (χ0) is 28.5. The Morgan fingerprint density at radius 2 is 1.67 bits per heavy atom. The number of sulfone groups is 1. The van der Waals surface area contributed by atoms with Crippen LogP contribution in [0.1, 0.15) is 12.5 Å². The van der Waals surface area contributed by atoms with E-state index in [1.165, 1.54) is 24.1 Å². The maximum atomic E-state index is 13.1. The Kier molecular flexibility index (Phi) is 7.52. The van der Waals surface area contributed by atoms with Gasteiger partial charge >= 0.3 is 17.6 Å². The van der Waals surface area contributed by atoms with E-state index in [1.54, 1.807) is 30.3 Å². The molecule has 10 nitrogen and oxygen atoms in total. The summed E-state index contributed by atoms with van der Waals surface area (Å²) in [5.74, 6) is -0.482. The number of anilines is 3. The molecule has 15 heteroatoms. The van der Waals surface area contributed by atoms with E-state index in [-0.39, 0.29) is 18.1 Å². The molecule has 1 saturated heterocycles. The molecule has 1 fully saturated rings. The number of nitrogens with zero attached hydrogens (tertiary/aromatic N) is 3. The molecule has 1 atom stereocenters. The van der Waals surface area contributed by atoms with E-state index in [0.29, 0.717) is 28.4 Å². The third-order valence-corrected chi connectivity index (χ3v) is 7.47. The molecule has 0 bridgehead atoms. The highest BCUT2D eigenvalue weighted by molar-refractivity contribution is 7.92. The lowest BCUT2D eigenvalue weighted by atomic mass is 10.2. The molecule has 0 aliphatic carbocycles. The second-order valence-electron chi connectivity index (χ2n) is 8.34. The van der Waals surface area contributed by atoms with Crippen molar-refractivity contribution in [3.05, 3.63) is 77.4 Å². The molecule has 1 aliphatic heterocycles. The van der Waals surface area contributed by atoms with Gasteiger partial charge in [0, 0.05) is 23.5 Å². The van der Waals surface area contributed by atoms with Crippen LogP contribution in [0.3, 0.4) is 0 Å². The number of hydrogen-bond acceptors (Lipinski definition) is 6. The lowest BCUT2D eigenvalue weighted by Crippen LogP contribution is -2.33. The van der Waals surface area contributed by atoms with E-state index in [9.17, 15) is 36.0 Å². The highest BCUT2D eigenvalue weighted by Crippen LogP contribution is 2.33. The summed E-state index contributed by atoms with van der Waals surface area (Å²) in [5, 5.41) is 5.68. The van der Waals surface area contributed by atoms with Crippen LogP contribution in [0.25, 0.3) is 0 Å². The minimum Gasteiger partial charge on any atom is -0.308 e. The summed E-state index contributed by atoms with van der Waals surface area (Å²) in [6.07, 6.45) is 1.40. The fourth-order valence-corrected chi connectivity index (χ4v) is 4.60. The summed E-state index contributed by atoms with van der Waals surface area (Å²) >= 11 is 5.83. The number of imide groups is 1. The second-order valence-corrected chi connectivity index (χ2v) is 10.7. The molecule has 39 heavy (non-hydrogen) atoms. The Morgan fingerprint density at radius 1 is 1.03 bits per heavy atom. The normalized spacial score (nSPS) is 16.0. The third kappa shape index (κ3) is 5.81. The van der Waals surface area contributed by atoms with Gasteiger partial charge in [-0.25, -0.2) is 27.9 Å². The molecular weight excluding hydrogens is 563 g/mol. The quantitative estimate of drug-likeness (QED) is 0.393. The molecule has 4 rings (SSSR count). The van der Waals surface area contributed by atoms with Crippen LogP contribution in [0.2, 0.25) is 5.02 Å². The molecule has 2 aromatic carbocycles. The molecule has 3 aromatic rings. The summed E-state index contributed by atoms with van der Waals surface area (Å²) in [6, 6.07) is 10.5. The van der Waals surface area contributed by atoms with Gasteiger partial charge in [-0.3, -0.25) is 10.1 Å². The molecule has 1 unspecified atom stereocenters. The zero-order valence-electron chi connectivity index (χ0n) is 19.9. The monoisotopic (exact) mass is 581 g/mol. The first-order valence-electron chi connectivity index (χ1n) is 11.1. The van der Waals surface area contributed by atoms with Gasteiger partial charge in [0.1, 0.15) is 11.9 Å². The number of aromatic nitrogens is 1. The molecule has 204 valence electrons. The number of pyridine rings is 1. The van der Waals surface area contributed by atoms with Gasteiger partial charge in [-0.2, -0.15) is 13.2 Å². The highest BCUT2D eigenvalue weighted by Gasteiger charge is 2.47. The van der Waals surface area contributed by atoms with Crippen molar-refractivity contribution in [2.75, 3.05) is 15.5 Å². The molecular formula is C24H19ClF3N5O5S. The Labute approximate surface area is 225 Å². The maximum absolute atomic E-state index is 13.1. The van der Waals surface area contributed by atoms with Gasteiger partial charge in [0.15, 0.2) is 0 Å². The van der Waals surface area contributed by atoms with Crippen LogP contribution < -0.4 is 15.5 Å². The number of alkyl halides is 3. The summed E-state index contributed by atoms with van der Waals surface area (Å²) in [4.78, 5) is 43.3. The minimum absolute atomic E-state index is 0.0568. The molecule has 0 spiro atoms. The van der Waals surface area contributed by atoms with Crippen LogP contribution in [0, 0.1) is 0 Å². The molecule has 2 N–H and O–H groups in total. The second kappa shape index (κ2) is 10.5. The van der Waals surface area contributed by atoms with Crippen LogP contribution >= 0.6 is 11.6 Å². The number of carbonyl (C=O) groups is 3. The molecule has 1 aliphatic rings. The predicted octanol–water partition coefficient (Wildman–Crippen LogP) is 5.03. The van der Waals surface area contributed by atoms with Crippen LogP contribution in [0.4, 0.5) is 40.0 Å². The third-order valence-electron chi connectivity index (χ3n) is 5.71. The topological polar surface area (TPSA) is 129 Å². The summed E-state index contributed by atoms with van der Waals surface area (Å²) in [7, 11) is -5.58. The van der Waals surface area contributed by atoms with E-state index in [1.807, 2.05) is 0 Å². The van der Waals surface area contributed by atoms with E-state index < -0.39 is 44.3 Å². The van der Waals surface area contributed by atoms with Gasteiger partial charge in [0.25, 0.3) is 15.7 Å². The molecule has 5 amide bonds. The van der Waals surface area contributed by atoms with Gasteiger partial charge in [-0.15, -0.1) is 0 Å². The Bertz CT molecular complexity index is 1530. The summed E-state index contributed by atoms with van der Waals surface area (Å²) in [6.45, 7) is 1.42. The first kappa shape index (κ1) is 27.9. The van der Waals surface area contributed by atoms with E-state index in [4.69, 9.17) is 11.6 Å². The SMILES string of the molecule is CC1C(=O)N(c2ccc(S(=O)(=O)C(F)(F)F)cc2)C(=O)N1Cc1ccnc(NC(=O)Nc2ccc(Cl)cc2)c1. The van der Waals surface area contributed by atoms with Crippen molar-refractivity contribution in [1.29, 1.82) is 0 Å². The van der Waals surface area contributed by atoms with Crippen molar-refractivity contribution < 1.29 is 36.0 Å². The summed E-state index contributed by atoms with van der Waals surface area (Å²) in [5.41, 5.74) is -4.56. The number of hydrogen-bond donors (Lipinski definition) is 2. The fourth-order valence-electron chi connectivity index (χ4n) is 3.71. The van der Waals surface area contributed by atoms with Gasteiger partial charge in [-0.1, -0.05) is 11.6 Å². The van der Waals surface area contributed by atoms with Crippen LogP contribution in [0.5, 0.6) is 0 Å². The molecule has 1 aromatic heterocycles. The van der Waals surface area contributed by atoms with Crippen LogP contribution in [-0.2, 0) is 21.2 Å². The number of rotatable bonds is 6. The number of amides is 5. The predicted molar refractivity (Wildman–Crippen MR) is 136 cm³/mol. The Morgan fingerprint density at radius 3 is 2.28 bits per heavy atom. The van der Waals surface area contributed by atoms with Crippen molar-refractivity contribution in [2.24, 2.45) is 0 Å². The van der Waals surface area contributed by atoms with Crippen molar-refractivity contribution in [3.63, 3.8) is 0 Å². The first-order chi connectivity index (χ1) is 18.3. The van der Waals surface area contributed by atoms with Crippen molar-refractivity contribution in [1.82, 2.24) is 9.88 Å². The standard InChI is InChI=1S/C24H19ClF3N5O5S/c1-14-21(34)33(18-6-8-19(9-7-18)39(37,38)24(26,27)28)23(36)32(14)13-15-10-11-29-20(12-15)31-22(35)30-17-4-2-16(25)3-5-17/h2-12,14H,13H2,1H3,(H2,29,30,31,35). The average molecular weight is 582 g/mol. The molecule has 0 saturated carbocycles. The van der Waals surface area contributed by atoms with E-state index in [0.717, 1.165) is 17.0 Å². The number of benzene rings is 2. The maximum Gasteiger partial charge on any atom is 0.501 e. The van der Waals surface area contributed by atoms with Gasteiger partial charge in [0.2, 0.25) is 0 Å². The van der Waals surface area contributed by atoms with Gasteiger partial charge < -0.3 is 10.2 Å². The lowest BCUT2D eigenvalue weighted by Gasteiger charge is -2.20. The highest BCUT2D eigenvalue weighted by atomic mass is 35.5. The van der Waals surface area contributed by atoms with Crippen molar-refractivity contribution >= 4 is 56.6 Å². The lowest BCUT2D eigenvalue weighted by molar-refractivity contribution is -0.119. The first-order valence-corrected chi connectivity index (χ1v) is 13.0. The zero-order valence-corrected chi connectivity index (χ0v) is 21.5. The van der Waals surface area contributed by atoms with Gasteiger partial charge in [-0.05, 0) is 73.2 Å². The number of halogens is 4. The van der Waals surface area contributed by atoms with E-state index in [2.05, 4.69) is 15.6 Å². The van der Waals surface area contributed by atoms with Gasteiger partial charge in [0.05, 0.1) is 10.6 Å². The van der Waals surface area contributed by atoms with Crippen molar-refractivity contribution in [3.8, 4) is 0 Å². The van der Waals surface area contributed by atoms with Crippen LogP contribution in [0.15, 0.2) is 71.8 Å². The van der Waals surface area contributed by atoms with E-state index >= 15 is 0 Å². The average Bonchev–Trinajstić information content (AvgIpc) is 3.08. The fraction of sp³-hybridized carbons (Fsp3) is 0.167. The number of nitrogens with one attached hydrogen (secondary N) is 2. The van der Waals surface area contributed by atoms with Crippen molar-refractivity contribution in [2.45, 2.75) is 29.9 Å².